The van der Waals surface area contributed by atoms with Crippen LogP contribution < -0.4 is 0 Å². The second-order valence-electron chi connectivity index (χ2n) is 5.15. The van der Waals surface area contributed by atoms with Gasteiger partial charge in [-0.2, -0.15) is 10.2 Å². The highest BCUT2D eigenvalue weighted by atomic mass is 15.5. The molecule has 0 amide bonds. The zero-order chi connectivity index (χ0) is 12.7. The van der Waals surface area contributed by atoms with E-state index in [-0.39, 0.29) is 0 Å². The molecule has 4 heteroatoms. The highest BCUT2D eigenvalue weighted by Crippen LogP contribution is 2.12. The summed E-state index contributed by atoms with van der Waals surface area (Å²) >= 11 is 0. The Bertz CT molecular complexity index is 202. The molecule has 0 aliphatic carbocycles. The third-order valence-corrected chi connectivity index (χ3v) is 3.43. The Labute approximate surface area is 111 Å². The molecule has 0 N–H and O–H groups in total. The summed E-state index contributed by atoms with van der Waals surface area (Å²) in [5.74, 6) is 0. The monoisotopic (exact) mass is 252 g/mol. The largest absolute Gasteiger partial charge is 0.167 e. The van der Waals surface area contributed by atoms with Gasteiger partial charge in [-0.1, -0.05) is 64.2 Å². The van der Waals surface area contributed by atoms with E-state index < -0.39 is 0 Å². The van der Waals surface area contributed by atoms with Crippen molar-refractivity contribution in [3.63, 3.8) is 0 Å². The van der Waals surface area contributed by atoms with Crippen LogP contribution in [0.1, 0.15) is 77.0 Å². The third-order valence-electron chi connectivity index (χ3n) is 3.43. The molecule has 1 aliphatic heterocycles. The summed E-state index contributed by atoms with van der Waals surface area (Å²) in [4.78, 5) is 0. The normalized spacial score (nSPS) is 22.2. The van der Waals surface area contributed by atoms with E-state index in [1.165, 1.54) is 64.2 Å². The maximum atomic E-state index is 4.00. The molecule has 0 atom stereocenters. The summed E-state index contributed by atoms with van der Waals surface area (Å²) in [6.45, 7) is 1.61. The van der Waals surface area contributed by atoms with Gasteiger partial charge in [0, 0.05) is 0 Å². The van der Waals surface area contributed by atoms with Crippen LogP contribution in [0.4, 0.5) is 0 Å². The van der Waals surface area contributed by atoms with Crippen molar-refractivity contribution >= 4 is 0 Å². The second kappa shape index (κ2) is 12.7. The predicted molar refractivity (Wildman–Crippen MR) is 74.9 cm³/mol. The molecule has 104 valence electrons. The molecule has 0 spiro atoms. The van der Waals surface area contributed by atoms with Crippen molar-refractivity contribution in [3.05, 3.63) is 0 Å². The lowest BCUT2D eigenvalue weighted by molar-refractivity contribution is 0.538. The first-order valence-electron chi connectivity index (χ1n) is 7.73. The average Bonchev–Trinajstić information content (AvgIpc) is 2.39. The first-order chi connectivity index (χ1) is 9.00. The van der Waals surface area contributed by atoms with Gasteiger partial charge in [-0.15, -0.1) is 0 Å². The average molecular weight is 252 g/mol. The minimum atomic E-state index is 0.805. The van der Waals surface area contributed by atoms with Gasteiger partial charge in [-0.3, -0.25) is 0 Å². The standard InChI is InChI=1S/C14H28N4/c1-2-4-6-8-10-12-14-16-18-17-15-13-11-9-7-5-3-1/h1-14H2. The number of rotatable bonds is 0. The topological polar surface area (TPSA) is 49.4 Å². The molecule has 1 rings (SSSR count). The van der Waals surface area contributed by atoms with Crippen molar-refractivity contribution in [2.24, 2.45) is 20.7 Å². The van der Waals surface area contributed by atoms with E-state index in [9.17, 15) is 0 Å². The summed E-state index contributed by atoms with van der Waals surface area (Å²) < 4.78 is 0. The Kier molecular flexibility index (Phi) is 10.7. The molecule has 0 radical (unpaired) electrons. The quantitative estimate of drug-likeness (QED) is 0.546. The maximum Gasteiger partial charge on any atom is 0.0621 e. The number of hydrogen-bond donors (Lipinski definition) is 0. The third kappa shape index (κ3) is 10.4. The van der Waals surface area contributed by atoms with Crippen molar-refractivity contribution in [2.75, 3.05) is 13.1 Å². The molecule has 0 unspecified atom stereocenters. The van der Waals surface area contributed by atoms with Crippen molar-refractivity contribution in [1.29, 1.82) is 0 Å². The number of nitrogens with zero attached hydrogens (tertiary/aromatic N) is 4. The van der Waals surface area contributed by atoms with Crippen molar-refractivity contribution in [3.8, 4) is 0 Å². The van der Waals surface area contributed by atoms with Crippen LogP contribution in [0.3, 0.4) is 0 Å². The summed E-state index contributed by atoms with van der Waals surface area (Å²) in [5.41, 5.74) is 0. The molecule has 0 bridgehead atoms. The minimum absolute atomic E-state index is 0.805. The van der Waals surface area contributed by atoms with Gasteiger partial charge in [0.1, 0.15) is 0 Å². The fraction of sp³-hybridized carbons (Fsp3) is 1.00. The zero-order valence-electron chi connectivity index (χ0n) is 11.7. The molecule has 0 fully saturated rings. The van der Waals surface area contributed by atoms with Crippen LogP contribution in [-0.2, 0) is 0 Å². The van der Waals surface area contributed by atoms with Gasteiger partial charge in [0.05, 0.1) is 13.1 Å². The molecule has 0 saturated heterocycles. The molecule has 1 aliphatic rings. The van der Waals surface area contributed by atoms with Crippen LogP contribution >= 0.6 is 0 Å². The van der Waals surface area contributed by atoms with Crippen LogP contribution in [0.5, 0.6) is 0 Å². The molecule has 0 aromatic heterocycles. The van der Waals surface area contributed by atoms with Crippen LogP contribution in [0.15, 0.2) is 20.7 Å². The SMILES string of the molecule is C1CCCCCCCN=NN=NCCCCCC1. The maximum absolute atomic E-state index is 4.00. The van der Waals surface area contributed by atoms with E-state index >= 15 is 0 Å². The molecule has 0 aromatic rings. The molecule has 0 saturated carbocycles. The van der Waals surface area contributed by atoms with Gasteiger partial charge >= 0.3 is 0 Å². The molecule has 1 heterocycles. The molecule has 0 aromatic carbocycles. The van der Waals surface area contributed by atoms with E-state index in [0.29, 0.717) is 0 Å². The highest BCUT2D eigenvalue weighted by molar-refractivity contribution is 4.50. The van der Waals surface area contributed by atoms with E-state index in [0.717, 1.165) is 25.9 Å². The molecular weight excluding hydrogens is 224 g/mol. The Hall–Kier alpha value is -0.800. The van der Waals surface area contributed by atoms with Gasteiger partial charge in [-0.05, 0) is 23.3 Å². The summed E-state index contributed by atoms with van der Waals surface area (Å²) in [5, 5.41) is 15.4. The molecular formula is C14H28N4. The summed E-state index contributed by atoms with van der Waals surface area (Å²) in [6, 6.07) is 0. The van der Waals surface area contributed by atoms with E-state index in [4.69, 9.17) is 0 Å². The van der Waals surface area contributed by atoms with Crippen molar-refractivity contribution in [2.45, 2.75) is 77.0 Å². The van der Waals surface area contributed by atoms with Gasteiger partial charge in [0.25, 0.3) is 0 Å². The van der Waals surface area contributed by atoms with E-state index in [1.54, 1.807) is 0 Å². The fourth-order valence-corrected chi connectivity index (χ4v) is 2.28. The van der Waals surface area contributed by atoms with Crippen LogP contribution in [0.25, 0.3) is 0 Å². The van der Waals surface area contributed by atoms with E-state index in [2.05, 4.69) is 20.7 Å². The fourth-order valence-electron chi connectivity index (χ4n) is 2.28. The minimum Gasteiger partial charge on any atom is -0.167 e. The van der Waals surface area contributed by atoms with Crippen molar-refractivity contribution < 1.29 is 0 Å². The smallest absolute Gasteiger partial charge is 0.0621 e. The van der Waals surface area contributed by atoms with Gasteiger partial charge in [-0.25, -0.2) is 0 Å². The first-order valence-corrected chi connectivity index (χ1v) is 7.73. The Morgan fingerprint density at radius 1 is 0.333 bits per heavy atom. The Morgan fingerprint density at radius 3 is 0.944 bits per heavy atom. The predicted octanol–water partition coefficient (Wildman–Crippen LogP) is 5.50. The highest BCUT2D eigenvalue weighted by Gasteiger charge is 1.94. The lowest BCUT2D eigenvalue weighted by Crippen LogP contribution is -1.85. The first kappa shape index (κ1) is 15.3. The second-order valence-corrected chi connectivity index (χ2v) is 5.15. The van der Waals surface area contributed by atoms with Crippen LogP contribution in [0, 0.1) is 0 Å². The summed E-state index contributed by atoms with van der Waals surface area (Å²) in [7, 11) is 0. The van der Waals surface area contributed by atoms with E-state index in [1.807, 2.05) is 0 Å². The van der Waals surface area contributed by atoms with Gasteiger partial charge in [0.2, 0.25) is 0 Å². The van der Waals surface area contributed by atoms with Crippen molar-refractivity contribution in [1.82, 2.24) is 0 Å². The Morgan fingerprint density at radius 2 is 0.611 bits per heavy atom. The summed E-state index contributed by atoms with van der Waals surface area (Å²) in [6.07, 6.45) is 16.0. The number of hydrogen-bond acceptors (Lipinski definition) is 4. The Balaban J connectivity index is 2.13. The lowest BCUT2D eigenvalue weighted by Gasteiger charge is -2.02. The molecule has 4 nitrogen and oxygen atoms in total. The van der Waals surface area contributed by atoms with Gasteiger partial charge in [0.15, 0.2) is 0 Å². The van der Waals surface area contributed by atoms with Crippen LogP contribution in [-0.4, -0.2) is 13.1 Å². The zero-order valence-corrected chi connectivity index (χ0v) is 11.7. The van der Waals surface area contributed by atoms with Gasteiger partial charge < -0.3 is 0 Å². The lowest BCUT2D eigenvalue weighted by atomic mass is 10.1. The van der Waals surface area contributed by atoms with Crippen LogP contribution in [0.2, 0.25) is 0 Å². The molecule has 18 heavy (non-hydrogen) atoms.